The highest BCUT2D eigenvalue weighted by molar-refractivity contribution is 6.07. The number of benzene rings is 2. The minimum atomic E-state index is -1.83. The zero-order chi connectivity index (χ0) is 33.1. The second-order valence-electron chi connectivity index (χ2n) is 8.54. The van der Waals surface area contributed by atoms with Gasteiger partial charge in [0.15, 0.2) is 12.2 Å². The molecule has 0 saturated heterocycles. The Hall–Kier alpha value is -6.09. The molecule has 2 atom stereocenters. The summed E-state index contributed by atoms with van der Waals surface area (Å²) in [4.78, 5) is 83.6. The molecule has 15 nitrogen and oxygen atoms in total. The van der Waals surface area contributed by atoms with Crippen LogP contribution in [0.1, 0.15) is 22.0 Å². The highest BCUT2D eigenvalue weighted by Gasteiger charge is 2.40. The molecule has 2 aromatic rings. The van der Waals surface area contributed by atoms with E-state index >= 15 is 0 Å². The number of aliphatic hydroxyl groups excluding tert-OH is 1. The Morgan fingerprint density at radius 1 is 0.644 bits per heavy atom. The van der Waals surface area contributed by atoms with Crippen LogP contribution >= 0.6 is 0 Å². The van der Waals surface area contributed by atoms with Gasteiger partial charge in [-0.3, -0.25) is 4.79 Å². The van der Waals surface area contributed by atoms with Crippen LogP contribution in [0.25, 0.3) is 0 Å². The molecule has 1 aliphatic rings. The van der Waals surface area contributed by atoms with E-state index in [-0.39, 0.29) is 28.4 Å². The Bertz CT molecular complexity index is 1600. The zero-order valence-electron chi connectivity index (χ0n) is 23.7. The van der Waals surface area contributed by atoms with Gasteiger partial charge in [0.05, 0.1) is 21.3 Å². The normalized spacial score (nSPS) is 15.6. The van der Waals surface area contributed by atoms with E-state index in [0.29, 0.717) is 6.08 Å². The van der Waals surface area contributed by atoms with Crippen molar-refractivity contribution in [1.29, 1.82) is 0 Å². The van der Waals surface area contributed by atoms with Gasteiger partial charge in [0.1, 0.15) is 28.6 Å². The highest BCUT2D eigenvalue weighted by atomic mass is 16.6. The molecule has 15 heteroatoms. The van der Waals surface area contributed by atoms with Crippen molar-refractivity contribution < 1.29 is 71.8 Å². The lowest BCUT2D eigenvalue weighted by atomic mass is 9.92. The minimum Gasteiger partial charge on any atom is -0.481 e. The zero-order valence-corrected chi connectivity index (χ0v) is 23.7. The van der Waals surface area contributed by atoms with Gasteiger partial charge in [-0.1, -0.05) is 12.1 Å². The lowest BCUT2D eigenvalue weighted by molar-refractivity contribution is -0.136. The summed E-state index contributed by atoms with van der Waals surface area (Å²) < 4.78 is 34.5. The molecule has 0 bridgehead atoms. The van der Waals surface area contributed by atoms with Gasteiger partial charge in [0, 0.05) is 48.6 Å². The molecule has 0 aromatic heterocycles. The van der Waals surface area contributed by atoms with Crippen molar-refractivity contribution in [3.8, 4) is 23.0 Å². The molecule has 0 radical (unpaired) electrons. The average Bonchev–Trinajstić information content (AvgIpc) is 3.03. The number of Topliss-reactive ketones (excluding diaryl/α,β-unsaturated/α-hetero) is 1. The van der Waals surface area contributed by atoms with E-state index in [9.17, 15) is 38.7 Å². The Labute approximate surface area is 254 Å². The smallest absolute Gasteiger partial charge is 0.336 e. The number of carbonyl (C=O) groups is 7. The second-order valence-corrected chi connectivity index (χ2v) is 8.54. The summed E-state index contributed by atoms with van der Waals surface area (Å²) in [6.45, 7) is 0. The van der Waals surface area contributed by atoms with Gasteiger partial charge in [0.25, 0.3) is 0 Å². The predicted octanol–water partition coefficient (Wildman–Crippen LogP) is 1.27. The maximum atomic E-state index is 13.3. The van der Waals surface area contributed by atoms with Crippen molar-refractivity contribution in [2.24, 2.45) is 0 Å². The number of methoxy groups -OCH3 is 3. The SMILES string of the molecule is COC(=O)/C=C/C(=O)Oc1ccc(C2Oc3cc(OC(=O)/C=C/C(=O)OC)cc(OC(=O)/C=C/C(=O)OC)c3C(=O)C2O)cc1. The lowest BCUT2D eigenvalue weighted by Gasteiger charge is -2.30. The Kier molecular flexibility index (Phi) is 11.4. The van der Waals surface area contributed by atoms with Crippen LogP contribution in [0.5, 0.6) is 23.0 Å². The van der Waals surface area contributed by atoms with Crippen LogP contribution in [0.2, 0.25) is 0 Å². The molecule has 2 unspecified atom stereocenters. The van der Waals surface area contributed by atoms with Gasteiger partial charge in [-0.15, -0.1) is 0 Å². The van der Waals surface area contributed by atoms with Gasteiger partial charge in [-0.25, -0.2) is 28.8 Å². The molecule has 0 saturated carbocycles. The molecule has 1 heterocycles. The quantitative estimate of drug-likeness (QED) is 0.171. The molecule has 1 aliphatic heterocycles. The van der Waals surface area contributed by atoms with E-state index in [1.165, 1.54) is 24.3 Å². The first-order valence-corrected chi connectivity index (χ1v) is 12.6. The third-order valence-corrected chi connectivity index (χ3v) is 5.62. The summed E-state index contributed by atoms with van der Waals surface area (Å²) in [5, 5.41) is 10.9. The Balaban J connectivity index is 1.93. The number of hydrogen-bond acceptors (Lipinski definition) is 15. The van der Waals surface area contributed by atoms with Gasteiger partial charge in [0.2, 0.25) is 5.78 Å². The fourth-order valence-corrected chi connectivity index (χ4v) is 3.56. The minimum absolute atomic E-state index is 0.0544. The number of rotatable bonds is 10. The van der Waals surface area contributed by atoms with Crippen LogP contribution in [0.15, 0.2) is 72.9 Å². The third-order valence-electron chi connectivity index (χ3n) is 5.62. The first-order valence-electron chi connectivity index (χ1n) is 12.6. The monoisotopic (exact) mass is 624 g/mol. The second kappa shape index (κ2) is 15.4. The summed E-state index contributed by atoms with van der Waals surface area (Å²) >= 11 is 0. The van der Waals surface area contributed by atoms with E-state index in [1.54, 1.807) is 0 Å². The number of hydrogen-bond donors (Lipinski definition) is 1. The van der Waals surface area contributed by atoms with Crippen molar-refractivity contribution in [3.63, 3.8) is 0 Å². The van der Waals surface area contributed by atoms with Crippen LogP contribution in [-0.4, -0.2) is 74.1 Å². The van der Waals surface area contributed by atoms with Gasteiger partial charge < -0.3 is 38.3 Å². The van der Waals surface area contributed by atoms with Crippen molar-refractivity contribution in [2.45, 2.75) is 12.2 Å². The molecule has 1 N–H and O–H groups in total. The van der Waals surface area contributed by atoms with E-state index in [4.69, 9.17) is 18.9 Å². The molecule has 234 valence electrons. The summed E-state index contributed by atoms with van der Waals surface area (Å²) in [5.41, 5.74) is -0.138. The van der Waals surface area contributed by atoms with Crippen molar-refractivity contribution in [3.05, 3.63) is 84.0 Å². The lowest BCUT2D eigenvalue weighted by Crippen LogP contribution is -2.36. The van der Waals surface area contributed by atoms with Gasteiger partial charge in [-0.2, -0.15) is 0 Å². The largest absolute Gasteiger partial charge is 0.481 e. The number of ketones is 1. The summed E-state index contributed by atoms with van der Waals surface area (Å²) in [5.74, 6) is -7.46. The predicted molar refractivity (Wildman–Crippen MR) is 147 cm³/mol. The van der Waals surface area contributed by atoms with Crippen LogP contribution in [0.4, 0.5) is 0 Å². The van der Waals surface area contributed by atoms with E-state index in [2.05, 4.69) is 14.2 Å². The number of aliphatic hydroxyl groups is 1. The fourth-order valence-electron chi connectivity index (χ4n) is 3.56. The number of ether oxygens (including phenoxy) is 7. The third kappa shape index (κ3) is 9.20. The molecular formula is C30H24O15. The Morgan fingerprint density at radius 3 is 1.58 bits per heavy atom. The highest BCUT2D eigenvalue weighted by Crippen LogP contribution is 2.43. The molecule has 2 aromatic carbocycles. The van der Waals surface area contributed by atoms with Crippen LogP contribution in [-0.2, 0) is 43.0 Å². The summed E-state index contributed by atoms with van der Waals surface area (Å²) in [7, 11) is 3.32. The molecule has 0 amide bonds. The van der Waals surface area contributed by atoms with Crippen molar-refractivity contribution in [1.82, 2.24) is 0 Å². The first-order chi connectivity index (χ1) is 21.4. The fraction of sp³-hybridized carbons (Fsp3) is 0.167. The maximum Gasteiger partial charge on any atom is 0.336 e. The molecule has 3 rings (SSSR count). The van der Waals surface area contributed by atoms with E-state index in [1.807, 2.05) is 0 Å². The summed E-state index contributed by atoms with van der Waals surface area (Å²) in [6.07, 6.45) is 1.59. The number of esters is 6. The molecule has 0 fully saturated rings. The molecular weight excluding hydrogens is 600 g/mol. The van der Waals surface area contributed by atoms with Crippen LogP contribution < -0.4 is 18.9 Å². The summed E-state index contributed by atoms with van der Waals surface area (Å²) in [6, 6.07) is 7.54. The van der Waals surface area contributed by atoms with Crippen LogP contribution in [0.3, 0.4) is 0 Å². The van der Waals surface area contributed by atoms with Crippen LogP contribution in [0, 0.1) is 0 Å². The van der Waals surface area contributed by atoms with Gasteiger partial charge in [-0.05, 0) is 17.7 Å². The molecule has 0 spiro atoms. The molecule has 45 heavy (non-hydrogen) atoms. The maximum absolute atomic E-state index is 13.3. The van der Waals surface area contributed by atoms with Crippen molar-refractivity contribution >= 4 is 41.6 Å². The number of fused-ring (bicyclic) bond motifs is 1. The number of carbonyl (C=O) groups excluding carboxylic acids is 7. The first kappa shape index (κ1) is 33.4. The molecule has 0 aliphatic carbocycles. The topological polar surface area (TPSA) is 204 Å². The van der Waals surface area contributed by atoms with Gasteiger partial charge >= 0.3 is 35.8 Å². The Morgan fingerprint density at radius 2 is 1.09 bits per heavy atom. The average molecular weight is 625 g/mol. The van der Waals surface area contributed by atoms with E-state index in [0.717, 1.165) is 63.8 Å². The van der Waals surface area contributed by atoms with Crippen molar-refractivity contribution in [2.75, 3.05) is 21.3 Å². The standard InChI is InChI=1S/C30H24O15/c1-39-21(31)8-11-24(34)42-17-6-4-16(5-7-17)30-29(38)28(37)27-19(44-26(36)13-10-23(33)41-3)14-18(15-20(27)45-30)43-25(35)12-9-22(32)40-2/h4-15,29-30,38H,1-3H3/b11-8+,12-9+,13-10+. The van der Waals surface area contributed by atoms with E-state index < -0.39 is 59.6 Å².